The van der Waals surface area contributed by atoms with E-state index in [1.165, 1.54) is 36.9 Å². The van der Waals surface area contributed by atoms with Gasteiger partial charge in [0.2, 0.25) is 0 Å². The van der Waals surface area contributed by atoms with Crippen LogP contribution in [0.2, 0.25) is 5.15 Å². The first-order valence-corrected chi connectivity index (χ1v) is 9.97. The van der Waals surface area contributed by atoms with Crippen molar-refractivity contribution >= 4 is 34.7 Å². The van der Waals surface area contributed by atoms with Crippen molar-refractivity contribution in [2.45, 2.75) is 18.5 Å². The molecule has 15 heteroatoms. The highest BCUT2D eigenvalue weighted by Gasteiger charge is 2.60. The van der Waals surface area contributed by atoms with E-state index < -0.39 is 24.2 Å². The van der Waals surface area contributed by atoms with Gasteiger partial charge < -0.3 is 5.32 Å². The van der Waals surface area contributed by atoms with Crippen molar-refractivity contribution in [3.63, 3.8) is 0 Å². The van der Waals surface area contributed by atoms with E-state index in [1.807, 2.05) is 6.07 Å². The highest BCUT2D eigenvalue weighted by molar-refractivity contribution is 6.29. The lowest BCUT2D eigenvalue weighted by atomic mass is 9.88. The van der Waals surface area contributed by atoms with Gasteiger partial charge in [0.05, 0.1) is 41.9 Å². The lowest BCUT2D eigenvalue weighted by Gasteiger charge is -2.28. The molecule has 34 heavy (non-hydrogen) atoms. The second kappa shape index (κ2) is 7.39. The zero-order chi connectivity index (χ0) is 24.3. The van der Waals surface area contributed by atoms with Crippen molar-refractivity contribution in [3.8, 4) is 11.9 Å². The van der Waals surface area contributed by atoms with Gasteiger partial charge in [0, 0.05) is 12.6 Å². The van der Waals surface area contributed by atoms with Crippen LogP contribution < -0.4 is 10.2 Å². The fourth-order valence-corrected chi connectivity index (χ4v) is 3.95. The van der Waals surface area contributed by atoms with Crippen molar-refractivity contribution in [1.82, 2.24) is 34.6 Å². The van der Waals surface area contributed by atoms with Gasteiger partial charge in [-0.1, -0.05) is 11.6 Å². The Bertz CT molecular complexity index is 1480. The molecule has 4 aromatic heterocycles. The van der Waals surface area contributed by atoms with Crippen LogP contribution in [0.5, 0.6) is 0 Å². The maximum absolute atomic E-state index is 14.2. The lowest BCUT2D eigenvalue weighted by molar-refractivity contribution is -0.181. The zero-order valence-electron chi connectivity index (χ0n) is 17.1. The van der Waals surface area contributed by atoms with Crippen molar-refractivity contribution in [2.24, 2.45) is 0 Å². The molecule has 1 aliphatic rings. The Morgan fingerprint density at radius 2 is 1.97 bits per heavy atom. The van der Waals surface area contributed by atoms with Crippen LogP contribution in [-0.2, 0) is 5.41 Å². The molecule has 0 bridgehead atoms. The third kappa shape index (κ3) is 3.20. The number of amides is 2. The fraction of sp³-hybridized carbons (Fsp3) is 0.211. The molecule has 172 valence electrons. The van der Waals surface area contributed by atoms with Crippen LogP contribution in [0, 0.1) is 11.3 Å². The molecule has 0 spiro atoms. The smallest absolute Gasteiger partial charge is 0.306 e. The molecule has 0 unspecified atom stereocenters. The van der Waals surface area contributed by atoms with E-state index >= 15 is 0 Å². The largest absolute Gasteiger partial charge is 0.401 e. The highest BCUT2D eigenvalue weighted by atomic mass is 35.5. The number of rotatable bonds is 2. The Morgan fingerprint density at radius 3 is 2.65 bits per heavy atom. The first kappa shape index (κ1) is 21.6. The summed E-state index contributed by atoms with van der Waals surface area (Å²) in [5.74, 6) is 0.129. The van der Waals surface area contributed by atoms with E-state index in [9.17, 15) is 23.2 Å². The van der Waals surface area contributed by atoms with Crippen LogP contribution in [0.1, 0.15) is 18.2 Å². The Balaban J connectivity index is 1.53. The molecule has 5 heterocycles. The molecule has 0 saturated carbocycles. The number of urea groups is 1. The number of nitriles is 1. The molecule has 0 fully saturated rings. The molecule has 4 aromatic rings. The third-order valence-corrected chi connectivity index (χ3v) is 5.62. The van der Waals surface area contributed by atoms with Gasteiger partial charge in [0.15, 0.2) is 16.6 Å². The maximum atomic E-state index is 14.2. The quantitative estimate of drug-likeness (QED) is 0.459. The lowest BCUT2D eigenvalue weighted by Crippen LogP contribution is -2.46. The van der Waals surface area contributed by atoms with Gasteiger partial charge in [-0.3, -0.25) is 4.90 Å². The number of pyridine rings is 1. The highest BCUT2D eigenvalue weighted by Crippen LogP contribution is 2.50. The average molecular weight is 489 g/mol. The van der Waals surface area contributed by atoms with Gasteiger partial charge in [-0.05, 0) is 13.0 Å². The number of anilines is 2. The Morgan fingerprint density at radius 1 is 1.24 bits per heavy atom. The summed E-state index contributed by atoms with van der Waals surface area (Å²) in [5.41, 5.74) is -2.52. The zero-order valence-corrected chi connectivity index (χ0v) is 17.9. The van der Waals surface area contributed by atoms with Gasteiger partial charge in [0.1, 0.15) is 17.0 Å². The minimum atomic E-state index is -4.71. The Hall–Kier alpha value is -4.25. The fourth-order valence-electron chi connectivity index (χ4n) is 3.78. The second-order valence-corrected chi connectivity index (χ2v) is 7.99. The third-order valence-electron chi connectivity index (χ3n) is 5.44. The van der Waals surface area contributed by atoms with E-state index in [1.54, 1.807) is 0 Å². The molecular weight excluding hydrogens is 477 g/mol. The standard InChI is InChI=1S/C19H12ClF3N10O/c1-18(19(21,22)23)9-31(12-8-25-14-5-13(20)30-32(14)15(12)18)17(34)29-11-4-10(6-24)16(26-7-11)33-27-2-3-28-33/h2-5,7-8H,9H2,1H3,(H,29,34)/t18-/m1/s1. The average Bonchev–Trinajstić information content (AvgIpc) is 3.50. The number of carbonyl (C=O) groups is 1. The van der Waals surface area contributed by atoms with Crippen LogP contribution >= 0.6 is 11.6 Å². The number of nitrogens with one attached hydrogen (secondary N) is 1. The molecular formula is C19H12ClF3N10O. The van der Waals surface area contributed by atoms with E-state index in [2.05, 4.69) is 30.6 Å². The number of fused-ring (bicyclic) bond motifs is 3. The number of carbonyl (C=O) groups excluding carboxylic acids is 1. The van der Waals surface area contributed by atoms with E-state index in [0.29, 0.717) is 0 Å². The molecule has 0 aromatic carbocycles. The predicted molar refractivity (Wildman–Crippen MR) is 112 cm³/mol. The van der Waals surface area contributed by atoms with Gasteiger partial charge >= 0.3 is 12.2 Å². The summed E-state index contributed by atoms with van der Waals surface area (Å²) in [6.07, 6.45) is 0.506. The molecule has 1 aliphatic heterocycles. The number of alkyl halides is 3. The number of hydrogen-bond acceptors (Lipinski definition) is 7. The number of halogens is 4. The summed E-state index contributed by atoms with van der Waals surface area (Å²) in [5, 5.41) is 23.6. The van der Waals surface area contributed by atoms with Crippen LogP contribution in [0.15, 0.2) is 36.9 Å². The SMILES string of the molecule is C[C@@]1(C(F)(F)F)CN(C(=O)Nc2cnc(-n3nccn3)c(C#N)c2)c2cnc3cc(Cl)nn3c21. The molecule has 1 N–H and O–H groups in total. The van der Waals surface area contributed by atoms with Gasteiger partial charge in [-0.25, -0.2) is 19.3 Å². The summed E-state index contributed by atoms with van der Waals surface area (Å²) in [6.45, 7) is 0.263. The van der Waals surface area contributed by atoms with E-state index in [-0.39, 0.29) is 39.3 Å². The minimum absolute atomic E-state index is 0.0322. The van der Waals surface area contributed by atoms with Crippen molar-refractivity contribution in [3.05, 3.63) is 53.3 Å². The Kier molecular flexibility index (Phi) is 4.69. The second-order valence-electron chi connectivity index (χ2n) is 7.60. The first-order valence-electron chi connectivity index (χ1n) is 9.59. The number of nitrogens with zero attached hydrogens (tertiary/aromatic N) is 9. The summed E-state index contributed by atoms with van der Waals surface area (Å²) in [7, 11) is 0. The molecule has 11 nitrogen and oxygen atoms in total. The van der Waals surface area contributed by atoms with Gasteiger partial charge in [0.25, 0.3) is 0 Å². The molecule has 0 aliphatic carbocycles. The summed E-state index contributed by atoms with van der Waals surface area (Å²) in [4.78, 5) is 23.3. The molecule has 5 rings (SSSR count). The summed E-state index contributed by atoms with van der Waals surface area (Å²) in [6, 6.07) is 3.70. The van der Waals surface area contributed by atoms with Crippen LogP contribution in [0.3, 0.4) is 0 Å². The van der Waals surface area contributed by atoms with Crippen LogP contribution in [-0.4, -0.2) is 53.3 Å². The van der Waals surface area contributed by atoms with Crippen molar-refractivity contribution in [1.29, 1.82) is 5.26 Å². The molecule has 2 amide bonds. The van der Waals surface area contributed by atoms with Crippen LogP contribution in [0.4, 0.5) is 29.3 Å². The normalized spacial score (nSPS) is 17.6. The van der Waals surface area contributed by atoms with Crippen LogP contribution in [0.25, 0.3) is 11.5 Å². The van der Waals surface area contributed by atoms with Gasteiger partial charge in [-0.2, -0.15) is 33.7 Å². The van der Waals surface area contributed by atoms with Crippen molar-refractivity contribution in [2.75, 3.05) is 16.8 Å². The van der Waals surface area contributed by atoms with E-state index in [0.717, 1.165) is 21.1 Å². The monoisotopic (exact) mass is 488 g/mol. The topological polar surface area (TPSA) is 130 Å². The first-order chi connectivity index (χ1) is 16.1. The minimum Gasteiger partial charge on any atom is -0.306 e. The number of aromatic nitrogens is 7. The maximum Gasteiger partial charge on any atom is 0.401 e. The van der Waals surface area contributed by atoms with E-state index in [4.69, 9.17) is 11.6 Å². The Labute approximate surface area is 193 Å². The predicted octanol–water partition coefficient (Wildman–Crippen LogP) is 3.10. The number of hydrogen-bond donors (Lipinski definition) is 1. The summed E-state index contributed by atoms with van der Waals surface area (Å²) >= 11 is 5.89. The molecule has 1 atom stereocenters. The summed E-state index contributed by atoms with van der Waals surface area (Å²) < 4.78 is 43.6. The van der Waals surface area contributed by atoms with Gasteiger partial charge in [-0.15, -0.1) is 4.80 Å². The molecule has 0 saturated heterocycles. The van der Waals surface area contributed by atoms with Crippen molar-refractivity contribution < 1.29 is 18.0 Å². The molecule has 0 radical (unpaired) electrons.